The summed E-state index contributed by atoms with van der Waals surface area (Å²) in [5.41, 5.74) is -0.460. The van der Waals surface area contributed by atoms with Crippen molar-refractivity contribution in [3.8, 4) is 5.75 Å². The van der Waals surface area contributed by atoms with Gasteiger partial charge in [-0.05, 0) is 25.0 Å². The minimum atomic E-state index is -0.856. The first-order valence-corrected chi connectivity index (χ1v) is 8.00. The highest BCUT2D eigenvalue weighted by Gasteiger charge is 2.50. The predicted molar refractivity (Wildman–Crippen MR) is 81.8 cm³/mol. The lowest BCUT2D eigenvalue weighted by atomic mass is 9.72. The van der Waals surface area contributed by atoms with Gasteiger partial charge >= 0.3 is 5.97 Å². The van der Waals surface area contributed by atoms with Crippen LogP contribution < -0.4 is 4.74 Å². The smallest absolute Gasteiger partial charge is 0.308 e. The van der Waals surface area contributed by atoms with E-state index in [4.69, 9.17) is 9.47 Å². The third-order valence-corrected chi connectivity index (χ3v) is 5.26. The Labute approximate surface area is 139 Å². The molecule has 1 unspecified atom stereocenters. The highest BCUT2D eigenvalue weighted by Crippen LogP contribution is 2.45. The molecule has 1 spiro atoms. The van der Waals surface area contributed by atoms with Crippen molar-refractivity contribution in [3.05, 3.63) is 29.3 Å². The molecule has 2 aliphatic heterocycles. The first-order chi connectivity index (χ1) is 11.5. The van der Waals surface area contributed by atoms with Gasteiger partial charge in [0.15, 0.2) is 11.6 Å². The molecule has 0 amide bonds. The number of carbonyl (C=O) groups is 1. The zero-order chi connectivity index (χ0) is 17.3. The fraction of sp³-hybridized carbons (Fsp3) is 0.588. The third-order valence-electron chi connectivity index (χ3n) is 5.26. The molecule has 2 saturated heterocycles. The van der Waals surface area contributed by atoms with Gasteiger partial charge in [-0.2, -0.15) is 0 Å². The number of benzene rings is 1. The van der Waals surface area contributed by atoms with Crippen LogP contribution in [-0.4, -0.2) is 49.4 Å². The van der Waals surface area contributed by atoms with Gasteiger partial charge in [0.1, 0.15) is 5.82 Å². The van der Waals surface area contributed by atoms with Gasteiger partial charge in [-0.15, -0.1) is 0 Å². The normalized spacial score (nSPS) is 23.5. The molecule has 2 heterocycles. The summed E-state index contributed by atoms with van der Waals surface area (Å²) in [6, 6.07) is 2.42. The van der Waals surface area contributed by atoms with E-state index in [1.807, 2.05) is 4.90 Å². The van der Waals surface area contributed by atoms with Crippen molar-refractivity contribution in [1.29, 1.82) is 0 Å². The Balaban J connectivity index is 1.83. The minimum Gasteiger partial charge on any atom is -0.494 e. The summed E-state index contributed by atoms with van der Waals surface area (Å²) < 4.78 is 38.7. The Morgan fingerprint density at radius 3 is 2.75 bits per heavy atom. The maximum Gasteiger partial charge on any atom is 0.308 e. The summed E-state index contributed by atoms with van der Waals surface area (Å²) in [6.45, 7) is 1.87. The molecule has 1 atom stereocenters. The molecule has 0 aliphatic carbocycles. The average Bonchev–Trinajstić information content (AvgIpc) is 2.90. The summed E-state index contributed by atoms with van der Waals surface area (Å²) in [6.07, 6.45) is 1.31. The van der Waals surface area contributed by atoms with E-state index >= 15 is 0 Å². The van der Waals surface area contributed by atoms with Crippen molar-refractivity contribution in [2.75, 3.05) is 33.4 Å². The highest BCUT2D eigenvalue weighted by atomic mass is 19.1. The second-order valence-electron chi connectivity index (χ2n) is 6.58. The Hall–Kier alpha value is -1.73. The maximum absolute atomic E-state index is 14.3. The van der Waals surface area contributed by atoms with Gasteiger partial charge in [-0.25, -0.2) is 8.78 Å². The van der Waals surface area contributed by atoms with Crippen LogP contribution in [0.15, 0.2) is 12.1 Å². The van der Waals surface area contributed by atoms with E-state index < -0.39 is 23.5 Å². The molecule has 2 fully saturated rings. The molecule has 1 aromatic carbocycles. The third kappa shape index (κ3) is 2.98. The summed E-state index contributed by atoms with van der Waals surface area (Å²) >= 11 is 0. The predicted octanol–water partition coefficient (Wildman–Crippen LogP) is 2.29. The number of ether oxygens (including phenoxy) is 2. The zero-order valence-corrected chi connectivity index (χ0v) is 13.6. The second kappa shape index (κ2) is 6.64. The Kier molecular flexibility index (Phi) is 4.73. The molecule has 0 saturated carbocycles. The number of aliphatic carboxylic acids is 1. The van der Waals surface area contributed by atoms with Crippen LogP contribution in [0.1, 0.15) is 18.4 Å². The molecule has 132 valence electrons. The Morgan fingerprint density at radius 2 is 2.12 bits per heavy atom. The topological polar surface area (TPSA) is 59.0 Å². The molecular weight excluding hydrogens is 320 g/mol. The molecule has 3 rings (SSSR count). The lowest BCUT2D eigenvalue weighted by Gasteiger charge is -2.36. The van der Waals surface area contributed by atoms with Gasteiger partial charge in [0.2, 0.25) is 0 Å². The number of nitrogens with zero attached hydrogens (tertiary/aromatic N) is 1. The number of rotatable bonds is 4. The quantitative estimate of drug-likeness (QED) is 0.911. The van der Waals surface area contributed by atoms with Crippen molar-refractivity contribution in [2.24, 2.45) is 11.3 Å². The van der Waals surface area contributed by atoms with Crippen LogP contribution in [-0.2, 0) is 16.1 Å². The summed E-state index contributed by atoms with van der Waals surface area (Å²) in [5.74, 6) is -2.78. The van der Waals surface area contributed by atoms with Gasteiger partial charge in [-0.1, -0.05) is 0 Å². The Morgan fingerprint density at radius 1 is 1.42 bits per heavy atom. The van der Waals surface area contributed by atoms with Crippen LogP contribution in [0.5, 0.6) is 5.75 Å². The molecule has 1 aromatic rings. The van der Waals surface area contributed by atoms with Crippen LogP contribution in [0, 0.1) is 23.0 Å². The highest BCUT2D eigenvalue weighted by molar-refractivity contribution is 5.72. The molecule has 5 nitrogen and oxygen atoms in total. The standard InChI is InChI=1S/C17H21F2NO4/c1-23-14-3-2-13(18)11(15(14)19)8-20-9-12(16(21)22)17(10-20)4-6-24-7-5-17/h2-3,12H,4-10H2,1H3,(H,21,22). The van der Waals surface area contributed by atoms with Crippen LogP contribution in [0.4, 0.5) is 8.78 Å². The number of likely N-dealkylation sites (tertiary alicyclic amines) is 1. The van der Waals surface area contributed by atoms with Gasteiger partial charge in [0.25, 0.3) is 0 Å². The van der Waals surface area contributed by atoms with Crippen LogP contribution >= 0.6 is 0 Å². The van der Waals surface area contributed by atoms with Crippen molar-refractivity contribution >= 4 is 5.97 Å². The SMILES string of the molecule is COc1ccc(F)c(CN2CC(C(=O)O)C3(CCOCC3)C2)c1F. The van der Waals surface area contributed by atoms with Crippen molar-refractivity contribution < 1.29 is 28.2 Å². The monoisotopic (exact) mass is 341 g/mol. The number of hydrogen-bond donors (Lipinski definition) is 1. The second-order valence-corrected chi connectivity index (χ2v) is 6.58. The van der Waals surface area contributed by atoms with E-state index in [1.54, 1.807) is 0 Å². The number of halogens is 2. The summed E-state index contributed by atoms with van der Waals surface area (Å²) in [4.78, 5) is 13.5. The van der Waals surface area contributed by atoms with Crippen molar-refractivity contribution in [2.45, 2.75) is 19.4 Å². The number of carboxylic acids is 1. The maximum atomic E-state index is 14.3. The summed E-state index contributed by atoms with van der Waals surface area (Å²) in [7, 11) is 1.33. The van der Waals surface area contributed by atoms with E-state index in [-0.39, 0.29) is 29.8 Å². The minimum absolute atomic E-state index is 0.0128. The lowest BCUT2D eigenvalue weighted by molar-refractivity contribution is -0.147. The fourth-order valence-corrected chi connectivity index (χ4v) is 3.92. The van der Waals surface area contributed by atoms with E-state index in [1.165, 1.54) is 19.2 Å². The van der Waals surface area contributed by atoms with Crippen molar-refractivity contribution in [1.82, 2.24) is 4.90 Å². The molecule has 2 aliphatic rings. The summed E-state index contributed by atoms with van der Waals surface area (Å²) in [5, 5.41) is 9.57. The van der Waals surface area contributed by atoms with Crippen LogP contribution in [0.3, 0.4) is 0 Å². The van der Waals surface area contributed by atoms with E-state index in [9.17, 15) is 18.7 Å². The number of hydrogen-bond acceptors (Lipinski definition) is 4. The first-order valence-electron chi connectivity index (χ1n) is 8.00. The van der Waals surface area contributed by atoms with Gasteiger partial charge in [-0.3, -0.25) is 9.69 Å². The molecule has 24 heavy (non-hydrogen) atoms. The van der Waals surface area contributed by atoms with E-state index in [2.05, 4.69) is 0 Å². The molecular formula is C17H21F2NO4. The number of carboxylic acid groups (broad SMARTS) is 1. The van der Waals surface area contributed by atoms with Gasteiger partial charge in [0.05, 0.1) is 13.0 Å². The van der Waals surface area contributed by atoms with Crippen LogP contribution in [0.25, 0.3) is 0 Å². The first kappa shape index (κ1) is 17.1. The molecule has 1 N–H and O–H groups in total. The Bertz CT molecular complexity index is 631. The lowest BCUT2D eigenvalue weighted by Crippen LogP contribution is -2.40. The molecule has 0 aromatic heterocycles. The zero-order valence-electron chi connectivity index (χ0n) is 13.6. The van der Waals surface area contributed by atoms with Gasteiger partial charge < -0.3 is 14.6 Å². The average molecular weight is 341 g/mol. The van der Waals surface area contributed by atoms with Gasteiger partial charge in [0, 0.05) is 43.8 Å². The van der Waals surface area contributed by atoms with Crippen LogP contribution in [0.2, 0.25) is 0 Å². The number of methoxy groups -OCH3 is 1. The van der Waals surface area contributed by atoms with Crippen molar-refractivity contribution in [3.63, 3.8) is 0 Å². The molecule has 0 radical (unpaired) electrons. The van der Waals surface area contributed by atoms with E-state index in [0.717, 1.165) is 0 Å². The molecule has 7 heteroatoms. The molecule has 0 bridgehead atoms. The van der Waals surface area contributed by atoms with E-state index in [0.29, 0.717) is 32.6 Å². The largest absolute Gasteiger partial charge is 0.494 e. The fourth-order valence-electron chi connectivity index (χ4n) is 3.92.